The van der Waals surface area contributed by atoms with Crippen LogP contribution in [0.15, 0.2) is 18.2 Å². The molecule has 1 nitrogen and oxygen atoms in total. The van der Waals surface area contributed by atoms with Crippen LogP contribution in [-0.2, 0) is 0 Å². The zero-order chi connectivity index (χ0) is 9.54. The summed E-state index contributed by atoms with van der Waals surface area (Å²) in [6.07, 6.45) is 1.28. The van der Waals surface area contributed by atoms with E-state index in [0.29, 0.717) is 12.0 Å². The van der Waals surface area contributed by atoms with Gasteiger partial charge in [-0.3, -0.25) is 0 Å². The molecule has 1 fully saturated rings. The lowest BCUT2D eigenvalue weighted by Gasteiger charge is -2.24. The highest BCUT2D eigenvalue weighted by atomic mass is 35.5. The molecule has 2 aliphatic heterocycles. The van der Waals surface area contributed by atoms with Gasteiger partial charge in [0.15, 0.2) is 0 Å². The molecule has 0 saturated carbocycles. The molecule has 0 aromatic heterocycles. The summed E-state index contributed by atoms with van der Waals surface area (Å²) in [6.45, 7) is 0. The summed E-state index contributed by atoms with van der Waals surface area (Å²) in [5, 5.41) is 4.42. The number of nitrogens with one attached hydrogen (secondary N) is 1. The van der Waals surface area contributed by atoms with Gasteiger partial charge in [-0.1, -0.05) is 17.7 Å². The average Bonchev–Trinajstić information content (AvgIpc) is 2.54. The van der Waals surface area contributed by atoms with E-state index in [2.05, 4.69) is 29.2 Å². The highest BCUT2D eigenvalue weighted by molar-refractivity contribution is 7.99. The third-order valence-electron chi connectivity index (χ3n) is 3.11. The predicted molar refractivity (Wildman–Crippen MR) is 63.5 cm³/mol. The molecular formula is C11H12ClNS. The minimum absolute atomic E-state index is 0.657. The molecule has 14 heavy (non-hydrogen) atoms. The third-order valence-corrected chi connectivity index (χ3v) is 4.47. The average molecular weight is 226 g/mol. The molecule has 0 amide bonds. The lowest BCUT2D eigenvalue weighted by atomic mass is 9.95. The molecule has 1 aromatic rings. The molecule has 2 aliphatic rings. The Morgan fingerprint density at radius 2 is 2.36 bits per heavy atom. The Kier molecular flexibility index (Phi) is 2.14. The van der Waals surface area contributed by atoms with Crippen LogP contribution in [0.2, 0.25) is 5.02 Å². The van der Waals surface area contributed by atoms with Gasteiger partial charge in [-0.15, -0.1) is 0 Å². The van der Waals surface area contributed by atoms with Crippen molar-refractivity contribution in [2.24, 2.45) is 0 Å². The van der Waals surface area contributed by atoms with Crippen LogP contribution in [0, 0.1) is 0 Å². The fraction of sp³-hybridized carbons (Fsp3) is 0.455. The predicted octanol–water partition coefficient (Wildman–Crippen LogP) is 3.35. The van der Waals surface area contributed by atoms with E-state index in [1.165, 1.54) is 29.2 Å². The number of rotatable bonds is 0. The highest BCUT2D eigenvalue weighted by Gasteiger charge is 2.33. The van der Waals surface area contributed by atoms with E-state index in [4.69, 9.17) is 11.6 Å². The van der Waals surface area contributed by atoms with Gasteiger partial charge in [0, 0.05) is 28.4 Å². The number of fused-ring (bicyclic) bond motifs is 3. The first kappa shape index (κ1) is 8.93. The zero-order valence-electron chi connectivity index (χ0n) is 7.79. The van der Waals surface area contributed by atoms with Crippen molar-refractivity contribution < 1.29 is 0 Å². The van der Waals surface area contributed by atoms with Crippen molar-refractivity contribution in [1.82, 2.24) is 0 Å². The number of anilines is 1. The van der Waals surface area contributed by atoms with Crippen molar-refractivity contribution in [2.45, 2.75) is 18.4 Å². The molecule has 0 radical (unpaired) electrons. The van der Waals surface area contributed by atoms with Crippen molar-refractivity contribution in [1.29, 1.82) is 0 Å². The summed E-state index contributed by atoms with van der Waals surface area (Å²) in [7, 11) is 0. The van der Waals surface area contributed by atoms with E-state index in [-0.39, 0.29) is 0 Å². The van der Waals surface area contributed by atoms with Crippen LogP contribution >= 0.6 is 23.4 Å². The minimum atomic E-state index is 0.657. The normalized spacial score (nSPS) is 29.2. The fourth-order valence-corrected chi connectivity index (χ4v) is 3.82. The van der Waals surface area contributed by atoms with E-state index >= 15 is 0 Å². The Hall–Kier alpha value is -0.340. The van der Waals surface area contributed by atoms with Crippen LogP contribution in [0.3, 0.4) is 0 Å². The second-order valence-corrected chi connectivity index (χ2v) is 5.54. The largest absolute Gasteiger partial charge is 0.381 e. The maximum absolute atomic E-state index is 5.98. The monoisotopic (exact) mass is 225 g/mol. The maximum Gasteiger partial charge on any atom is 0.0426 e. The molecule has 2 heterocycles. The summed E-state index contributed by atoms with van der Waals surface area (Å²) >= 11 is 8.04. The number of hydrogen-bond acceptors (Lipinski definition) is 2. The van der Waals surface area contributed by atoms with Crippen molar-refractivity contribution >= 4 is 29.1 Å². The summed E-state index contributed by atoms with van der Waals surface area (Å²) in [5.41, 5.74) is 2.72. The van der Waals surface area contributed by atoms with Gasteiger partial charge in [0.05, 0.1) is 0 Å². The molecule has 0 spiro atoms. The molecule has 0 aliphatic carbocycles. The van der Waals surface area contributed by atoms with E-state index in [1.54, 1.807) is 0 Å². The van der Waals surface area contributed by atoms with Gasteiger partial charge in [0.1, 0.15) is 0 Å². The van der Waals surface area contributed by atoms with Gasteiger partial charge < -0.3 is 5.32 Å². The van der Waals surface area contributed by atoms with Gasteiger partial charge in [0.2, 0.25) is 0 Å². The molecule has 74 valence electrons. The topological polar surface area (TPSA) is 12.0 Å². The van der Waals surface area contributed by atoms with E-state index in [0.717, 1.165) is 5.02 Å². The summed E-state index contributed by atoms with van der Waals surface area (Å²) in [4.78, 5) is 0. The molecular weight excluding hydrogens is 214 g/mol. The summed E-state index contributed by atoms with van der Waals surface area (Å²) in [5.74, 6) is 3.25. The van der Waals surface area contributed by atoms with Crippen LogP contribution in [0.1, 0.15) is 17.9 Å². The molecule has 1 saturated heterocycles. The van der Waals surface area contributed by atoms with Gasteiger partial charge in [-0.25, -0.2) is 0 Å². The van der Waals surface area contributed by atoms with Crippen molar-refractivity contribution in [3.63, 3.8) is 0 Å². The van der Waals surface area contributed by atoms with Crippen LogP contribution in [0.25, 0.3) is 0 Å². The van der Waals surface area contributed by atoms with Crippen LogP contribution in [0.4, 0.5) is 5.69 Å². The first-order valence-electron chi connectivity index (χ1n) is 4.98. The molecule has 1 N–H and O–H groups in total. The maximum atomic E-state index is 5.98. The van der Waals surface area contributed by atoms with Gasteiger partial charge in [-0.2, -0.15) is 11.8 Å². The van der Waals surface area contributed by atoms with Crippen LogP contribution in [-0.4, -0.2) is 17.5 Å². The Morgan fingerprint density at radius 3 is 3.29 bits per heavy atom. The SMILES string of the molecule is Clc1ccc2c(c1)NC1CCSCC21. The van der Waals surface area contributed by atoms with E-state index < -0.39 is 0 Å². The molecule has 3 heteroatoms. The van der Waals surface area contributed by atoms with Gasteiger partial charge in [0.25, 0.3) is 0 Å². The van der Waals surface area contributed by atoms with E-state index in [9.17, 15) is 0 Å². The number of thioether (sulfide) groups is 1. The van der Waals surface area contributed by atoms with E-state index in [1.807, 2.05) is 6.07 Å². The zero-order valence-corrected chi connectivity index (χ0v) is 9.37. The fourth-order valence-electron chi connectivity index (χ4n) is 2.39. The third kappa shape index (κ3) is 1.32. The van der Waals surface area contributed by atoms with Crippen LogP contribution in [0.5, 0.6) is 0 Å². The first-order valence-corrected chi connectivity index (χ1v) is 6.51. The smallest absolute Gasteiger partial charge is 0.0426 e. The number of benzene rings is 1. The molecule has 2 unspecified atom stereocenters. The summed E-state index contributed by atoms with van der Waals surface area (Å²) < 4.78 is 0. The second-order valence-electron chi connectivity index (χ2n) is 3.95. The Balaban J connectivity index is 2.01. The Labute approximate surface area is 93.2 Å². The highest BCUT2D eigenvalue weighted by Crippen LogP contribution is 2.43. The molecule has 2 atom stereocenters. The number of halogens is 1. The minimum Gasteiger partial charge on any atom is -0.381 e. The van der Waals surface area contributed by atoms with Gasteiger partial charge in [-0.05, 0) is 29.9 Å². The number of hydrogen-bond donors (Lipinski definition) is 1. The standard InChI is InChI=1S/C11H12ClNS/c12-7-1-2-8-9-6-14-4-3-10(9)13-11(8)5-7/h1-2,5,9-10,13H,3-4,6H2. The van der Waals surface area contributed by atoms with Crippen molar-refractivity contribution in [3.05, 3.63) is 28.8 Å². The van der Waals surface area contributed by atoms with Gasteiger partial charge >= 0.3 is 0 Å². The Bertz CT molecular complexity index is 366. The molecule has 1 aromatic carbocycles. The van der Waals surface area contributed by atoms with Crippen molar-refractivity contribution in [2.75, 3.05) is 16.8 Å². The van der Waals surface area contributed by atoms with Crippen molar-refractivity contribution in [3.8, 4) is 0 Å². The lowest BCUT2D eigenvalue weighted by Crippen LogP contribution is -2.26. The second kappa shape index (κ2) is 3.35. The Morgan fingerprint density at radius 1 is 1.43 bits per heavy atom. The summed E-state index contributed by atoms with van der Waals surface area (Å²) in [6, 6.07) is 6.90. The molecule has 0 bridgehead atoms. The molecule has 3 rings (SSSR count). The lowest BCUT2D eigenvalue weighted by molar-refractivity contribution is 0.614. The quantitative estimate of drug-likeness (QED) is 0.727. The van der Waals surface area contributed by atoms with Crippen LogP contribution < -0.4 is 5.32 Å². The first-order chi connectivity index (χ1) is 6.84.